The quantitative estimate of drug-likeness (QED) is 0.624. The Labute approximate surface area is 204 Å². The van der Waals surface area contributed by atoms with E-state index in [1.54, 1.807) is 17.1 Å². The van der Waals surface area contributed by atoms with Crippen molar-refractivity contribution in [2.24, 2.45) is 46.3 Å². The van der Waals surface area contributed by atoms with Crippen molar-refractivity contribution >= 4 is 5.78 Å². The van der Waals surface area contributed by atoms with E-state index in [9.17, 15) is 9.90 Å². The molecule has 1 aromatic heterocycles. The second-order valence-corrected chi connectivity index (χ2v) is 13.0. The van der Waals surface area contributed by atoms with Gasteiger partial charge in [0.2, 0.25) is 0 Å². The number of aliphatic hydroxyl groups is 1. The summed E-state index contributed by atoms with van der Waals surface area (Å²) in [6.07, 6.45) is 17.7. The van der Waals surface area contributed by atoms with Crippen LogP contribution in [0.25, 0.3) is 0 Å². The summed E-state index contributed by atoms with van der Waals surface area (Å²) < 4.78 is 1.67. The third kappa shape index (κ3) is 3.27. The van der Waals surface area contributed by atoms with E-state index in [1.807, 2.05) is 0 Å². The SMILES string of the molecule is CC[C@]12CC[C@H]3[C@@H](CC[C@@H]4C[C@](C)(O)CC[C@@]43C3CC3)[C@@H]1CC[C@@H]2C(=O)Cn1cc(C#N)cn1. The number of hydrogen-bond acceptors (Lipinski definition) is 4. The molecule has 0 unspecified atom stereocenters. The number of rotatable bonds is 5. The van der Waals surface area contributed by atoms with Crippen LogP contribution >= 0.6 is 0 Å². The summed E-state index contributed by atoms with van der Waals surface area (Å²) in [5.41, 5.74) is 0.675. The number of nitrogens with zero attached hydrogens (tertiary/aromatic N) is 3. The van der Waals surface area contributed by atoms with Gasteiger partial charge in [-0.15, -0.1) is 0 Å². The zero-order chi connectivity index (χ0) is 23.7. The first-order valence-corrected chi connectivity index (χ1v) is 14.0. The van der Waals surface area contributed by atoms with Gasteiger partial charge in [-0.25, -0.2) is 0 Å². The van der Waals surface area contributed by atoms with Crippen LogP contribution in [0.4, 0.5) is 0 Å². The highest BCUT2D eigenvalue weighted by Gasteiger charge is 2.66. The number of fused-ring (bicyclic) bond motifs is 5. The largest absolute Gasteiger partial charge is 0.390 e. The standard InChI is InChI=1S/C29H41N3O2/c1-3-28-11-10-24-22(7-6-21-14-27(2,34)12-13-29(21,24)20-4-5-20)23(28)8-9-25(28)26(33)18-32-17-19(15-30)16-31-32/h16-17,20-25,34H,3-14,18H2,1-2H3/t21-,22+,23+,24+,25-,27-,28+,29-/m1/s1. The molecule has 5 aliphatic carbocycles. The summed E-state index contributed by atoms with van der Waals surface area (Å²) in [7, 11) is 0. The molecule has 1 heterocycles. The van der Waals surface area contributed by atoms with Crippen molar-refractivity contribution in [1.82, 2.24) is 9.78 Å². The molecule has 1 aromatic rings. The van der Waals surface area contributed by atoms with Crippen molar-refractivity contribution in [3.63, 3.8) is 0 Å². The molecular formula is C29H41N3O2. The summed E-state index contributed by atoms with van der Waals surface area (Å²) in [5.74, 6) is 4.31. The van der Waals surface area contributed by atoms with E-state index >= 15 is 0 Å². The normalized spacial score (nSPS) is 45.6. The van der Waals surface area contributed by atoms with Gasteiger partial charge in [0, 0.05) is 12.1 Å². The Kier molecular flexibility index (Phi) is 5.30. The molecule has 0 amide bonds. The Hall–Kier alpha value is -1.67. The number of Topliss-reactive ketones (excluding diaryl/α,β-unsaturated/α-hetero) is 1. The fourth-order valence-corrected chi connectivity index (χ4v) is 10.3. The van der Waals surface area contributed by atoms with Crippen LogP contribution in [-0.4, -0.2) is 26.3 Å². The van der Waals surface area contributed by atoms with Crippen LogP contribution in [0, 0.1) is 57.7 Å². The Balaban J connectivity index is 1.26. The maximum Gasteiger partial charge on any atom is 0.157 e. The van der Waals surface area contributed by atoms with Crippen LogP contribution in [0.2, 0.25) is 0 Å². The minimum atomic E-state index is -0.472. The third-order valence-corrected chi connectivity index (χ3v) is 11.7. The van der Waals surface area contributed by atoms with Gasteiger partial charge in [-0.2, -0.15) is 10.4 Å². The molecule has 184 valence electrons. The Bertz CT molecular complexity index is 1000. The lowest BCUT2D eigenvalue weighted by atomic mass is 9.41. The van der Waals surface area contributed by atoms with Crippen LogP contribution in [-0.2, 0) is 11.3 Å². The summed E-state index contributed by atoms with van der Waals surface area (Å²) in [6, 6.07) is 2.12. The van der Waals surface area contributed by atoms with Gasteiger partial charge in [0.15, 0.2) is 5.78 Å². The first-order valence-electron chi connectivity index (χ1n) is 14.0. The molecule has 5 aliphatic rings. The molecule has 0 aliphatic heterocycles. The number of hydrogen-bond donors (Lipinski definition) is 1. The smallest absolute Gasteiger partial charge is 0.157 e. The second kappa shape index (κ2) is 7.92. The number of nitriles is 1. The van der Waals surface area contributed by atoms with Crippen LogP contribution < -0.4 is 0 Å². The summed E-state index contributed by atoms with van der Waals surface area (Å²) >= 11 is 0. The molecule has 34 heavy (non-hydrogen) atoms. The van der Waals surface area contributed by atoms with Crippen LogP contribution in [0.1, 0.15) is 96.5 Å². The molecule has 6 rings (SSSR count). The van der Waals surface area contributed by atoms with Gasteiger partial charge in [0.25, 0.3) is 0 Å². The van der Waals surface area contributed by atoms with E-state index in [4.69, 9.17) is 5.26 Å². The number of carbonyl (C=O) groups excluding carboxylic acids is 1. The van der Waals surface area contributed by atoms with E-state index in [2.05, 4.69) is 25.0 Å². The molecule has 0 aromatic carbocycles. The number of carbonyl (C=O) groups is 1. The van der Waals surface area contributed by atoms with Crippen molar-refractivity contribution in [3.05, 3.63) is 18.0 Å². The highest BCUT2D eigenvalue weighted by molar-refractivity contribution is 5.82. The first-order chi connectivity index (χ1) is 16.3. The minimum absolute atomic E-state index is 0.139. The van der Waals surface area contributed by atoms with Crippen molar-refractivity contribution < 1.29 is 9.90 Å². The summed E-state index contributed by atoms with van der Waals surface area (Å²) in [5, 5.41) is 24.3. The van der Waals surface area contributed by atoms with E-state index in [0.29, 0.717) is 35.1 Å². The van der Waals surface area contributed by atoms with Crippen LogP contribution in [0.5, 0.6) is 0 Å². The zero-order valence-corrected chi connectivity index (χ0v) is 21.0. The molecular weight excluding hydrogens is 422 g/mol. The fourth-order valence-electron chi connectivity index (χ4n) is 10.3. The average Bonchev–Trinajstić information content (AvgIpc) is 3.45. The molecule has 5 fully saturated rings. The molecule has 5 nitrogen and oxygen atoms in total. The van der Waals surface area contributed by atoms with Crippen molar-refractivity contribution in [1.29, 1.82) is 5.26 Å². The molecule has 0 bridgehead atoms. The molecule has 5 saturated carbocycles. The number of ketones is 1. The summed E-state index contributed by atoms with van der Waals surface area (Å²) in [4.78, 5) is 13.6. The predicted molar refractivity (Wildman–Crippen MR) is 129 cm³/mol. The minimum Gasteiger partial charge on any atom is -0.390 e. The van der Waals surface area contributed by atoms with E-state index < -0.39 is 5.60 Å². The molecule has 8 atom stereocenters. The van der Waals surface area contributed by atoms with E-state index in [-0.39, 0.29) is 11.3 Å². The van der Waals surface area contributed by atoms with E-state index in [1.165, 1.54) is 51.4 Å². The average molecular weight is 464 g/mol. The molecule has 0 spiro atoms. The van der Waals surface area contributed by atoms with Crippen molar-refractivity contribution in [2.45, 2.75) is 103 Å². The van der Waals surface area contributed by atoms with Crippen LogP contribution in [0.3, 0.4) is 0 Å². The highest BCUT2D eigenvalue weighted by atomic mass is 16.3. The van der Waals surface area contributed by atoms with Gasteiger partial charge in [-0.3, -0.25) is 9.48 Å². The predicted octanol–water partition coefficient (Wildman–Crippen LogP) is 5.51. The lowest BCUT2D eigenvalue weighted by Crippen LogP contribution is -2.58. The summed E-state index contributed by atoms with van der Waals surface area (Å²) in [6.45, 7) is 4.71. The highest BCUT2D eigenvalue weighted by Crippen LogP contribution is 2.73. The van der Waals surface area contributed by atoms with Crippen LogP contribution in [0.15, 0.2) is 12.4 Å². The third-order valence-electron chi connectivity index (χ3n) is 11.7. The molecule has 0 radical (unpaired) electrons. The van der Waals surface area contributed by atoms with Gasteiger partial charge < -0.3 is 5.11 Å². The maximum absolute atomic E-state index is 13.6. The van der Waals surface area contributed by atoms with Gasteiger partial charge in [-0.1, -0.05) is 6.92 Å². The Morgan fingerprint density at radius 3 is 2.62 bits per heavy atom. The molecule has 5 heteroatoms. The fraction of sp³-hybridized carbons (Fsp3) is 0.828. The second-order valence-electron chi connectivity index (χ2n) is 13.0. The lowest BCUT2D eigenvalue weighted by Gasteiger charge is -2.63. The Morgan fingerprint density at radius 2 is 1.91 bits per heavy atom. The van der Waals surface area contributed by atoms with Gasteiger partial charge in [0.1, 0.15) is 6.07 Å². The lowest BCUT2D eigenvalue weighted by molar-refractivity contribution is -0.168. The van der Waals surface area contributed by atoms with Crippen molar-refractivity contribution in [3.8, 4) is 6.07 Å². The number of aromatic nitrogens is 2. The Morgan fingerprint density at radius 1 is 1.12 bits per heavy atom. The maximum atomic E-state index is 13.6. The van der Waals surface area contributed by atoms with Gasteiger partial charge in [0.05, 0.1) is 23.9 Å². The van der Waals surface area contributed by atoms with Gasteiger partial charge >= 0.3 is 0 Å². The molecule has 0 saturated heterocycles. The van der Waals surface area contributed by atoms with E-state index in [0.717, 1.165) is 43.4 Å². The molecule has 1 N–H and O–H groups in total. The van der Waals surface area contributed by atoms with Gasteiger partial charge in [-0.05, 0) is 124 Å². The topological polar surface area (TPSA) is 78.9 Å². The first kappa shape index (κ1) is 22.8. The monoisotopic (exact) mass is 463 g/mol. The zero-order valence-electron chi connectivity index (χ0n) is 21.0. The van der Waals surface area contributed by atoms with Crippen molar-refractivity contribution in [2.75, 3.05) is 0 Å².